The Kier molecular flexibility index (Phi) is 16.1. The van der Waals surface area contributed by atoms with Crippen molar-refractivity contribution in [3.8, 4) is 22.3 Å². The molecular weight excluding hydrogens is 964 g/mol. The average molecular weight is 1040 g/mol. The van der Waals surface area contributed by atoms with Crippen LogP contribution in [-0.2, 0) is 20.8 Å². The molecule has 4 aliphatic rings. The van der Waals surface area contributed by atoms with Gasteiger partial charge >= 0.3 is 0 Å². The minimum atomic E-state index is -0.981. The van der Waals surface area contributed by atoms with Gasteiger partial charge in [0.2, 0.25) is 17.7 Å². The van der Waals surface area contributed by atoms with Crippen LogP contribution in [0.3, 0.4) is 0 Å². The number of halogens is 1. The number of amides is 4. The van der Waals surface area contributed by atoms with Crippen LogP contribution in [-0.4, -0.2) is 135 Å². The van der Waals surface area contributed by atoms with Gasteiger partial charge in [0.15, 0.2) is 0 Å². The van der Waals surface area contributed by atoms with Gasteiger partial charge in [0.1, 0.15) is 30.0 Å². The van der Waals surface area contributed by atoms with E-state index in [0.29, 0.717) is 27.5 Å². The van der Waals surface area contributed by atoms with Gasteiger partial charge in [0.05, 0.1) is 52.0 Å². The van der Waals surface area contributed by atoms with Gasteiger partial charge in [-0.1, -0.05) is 96.5 Å². The van der Waals surface area contributed by atoms with Crippen molar-refractivity contribution < 1.29 is 34.1 Å². The molecular formula is C56H71ClN8O7S. The van der Waals surface area contributed by atoms with E-state index in [0.717, 1.165) is 67.0 Å². The lowest BCUT2D eigenvalue weighted by Crippen LogP contribution is -2.74. The second-order valence-corrected chi connectivity index (χ2v) is 24.1. The molecule has 1 aliphatic carbocycles. The number of aromatic nitrogens is 1. The van der Waals surface area contributed by atoms with E-state index in [-0.39, 0.29) is 73.0 Å². The Morgan fingerprint density at radius 1 is 0.959 bits per heavy atom. The zero-order valence-electron chi connectivity index (χ0n) is 43.3. The fourth-order valence-corrected chi connectivity index (χ4v) is 13.1. The van der Waals surface area contributed by atoms with Gasteiger partial charge in [0.25, 0.3) is 5.91 Å². The van der Waals surface area contributed by atoms with Crippen molar-refractivity contribution in [3.63, 3.8) is 0 Å². The van der Waals surface area contributed by atoms with Crippen LogP contribution in [0.25, 0.3) is 10.4 Å². The van der Waals surface area contributed by atoms with E-state index in [2.05, 4.69) is 64.5 Å². The predicted molar refractivity (Wildman–Crippen MR) is 282 cm³/mol. The van der Waals surface area contributed by atoms with Crippen molar-refractivity contribution in [1.82, 2.24) is 35.6 Å². The summed E-state index contributed by atoms with van der Waals surface area (Å²) in [6.07, 6.45) is 2.71. The summed E-state index contributed by atoms with van der Waals surface area (Å²) in [7, 11) is 0. The molecule has 17 heteroatoms. The lowest BCUT2D eigenvalue weighted by molar-refractivity contribution is -0.164. The molecule has 3 saturated heterocycles. The van der Waals surface area contributed by atoms with E-state index in [1.165, 1.54) is 4.90 Å². The van der Waals surface area contributed by atoms with Crippen molar-refractivity contribution in [2.24, 2.45) is 16.2 Å². The first kappa shape index (κ1) is 53.9. The fraction of sp³-hybridized carbons (Fsp3) is 0.536. The van der Waals surface area contributed by atoms with Gasteiger partial charge in [-0.3, -0.25) is 24.1 Å². The first-order valence-electron chi connectivity index (χ1n) is 25.5. The van der Waals surface area contributed by atoms with Crippen LogP contribution < -0.4 is 20.7 Å². The summed E-state index contributed by atoms with van der Waals surface area (Å²) in [6.45, 7) is 18.3. The molecule has 73 heavy (non-hydrogen) atoms. The Balaban J connectivity index is 0.795. The topological polar surface area (TPSA) is 200 Å². The van der Waals surface area contributed by atoms with E-state index < -0.39 is 41.5 Å². The van der Waals surface area contributed by atoms with Crippen molar-refractivity contribution in [1.29, 1.82) is 5.26 Å². The minimum Gasteiger partial charge on any atom is -0.489 e. The molecule has 4 heterocycles. The van der Waals surface area contributed by atoms with Crippen molar-refractivity contribution >= 4 is 46.6 Å². The van der Waals surface area contributed by atoms with Crippen molar-refractivity contribution in [2.45, 2.75) is 136 Å². The van der Waals surface area contributed by atoms with E-state index in [1.54, 1.807) is 35.0 Å². The molecule has 1 saturated carbocycles. The Hall–Kier alpha value is -5.41. The van der Waals surface area contributed by atoms with Crippen LogP contribution in [0, 0.1) is 34.5 Å². The van der Waals surface area contributed by atoms with E-state index in [1.807, 2.05) is 76.2 Å². The third kappa shape index (κ3) is 11.6. The first-order chi connectivity index (χ1) is 34.6. The van der Waals surface area contributed by atoms with Gasteiger partial charge in [-0.25, -0.2) is 4.98 Å². The molecule has 8 rings (SSSR count). The highest BCUT2D eigenvalue weighted by atomic mass is 35.5. The Bertz CT molecular complexity index is 2670. The number of likely N-dealkylation sites (tertiary alicyclic amines) is 2. The second kappa shape index (κ2) is 21.8. The minimum absolute atomic E-state index is 0.0416. The number of benzene rings is 3. The molecule has 390 valence electrons. The number of rotatable bonds is 17. The van der Waals surface area contributed by atoms with Gasteiger partial charge in [-0.2, -0.15) is 5.26 Å². The number of nitrogens with one attached hydrogen (secondary N) is 3. The Labute approximate surface area is 438 Å². The monoisotopic (exact) mass is 1030 g/mol. The molecule has 3 aliphatic heterocycles. The number of aliphatic hydroxyl groups is 2. The van der Waals surface area contributed by atoms with Crippen molar-refractivity contribution in [3.05, 3.63) is 105 Å². The van der Waals surface area contributed by atoms with Crippen LogP contribution in [0.5, 0.6) is 5.75 Å². The molecule has 0 spiro atoms. The Morgan fingerprint density at radius 3 is 2.22 bits per heavy atom. The summed E-state index contributed by atoms with van der Waals surface area (Å²) in [5.41, 5.74) is 5.11. The maximum Gasteiger partial charge on any atom is 0.251 e. The van der Waals surface area contributed by atoms with E-state index in [4.69, 9.17) is 16.3 Å². The number of hydrogen-bond donors (Lipinski definition) is 5. The predicted octanol–water partition coefficient (Wildman–Crippen LogP) is 6.68. The number of fused-ring (bicyclic) bond motifs is 2. The highest BCUT2D eigenvalue weighted by Crippen LogP contribution is 2.55. The number of aryl methyl sites for hydroxylation is 2. The number of aliphatic hydroxyl groups excluding tert-OH is 2. The number of piperazine rings is 1. The van der Waals surface area contributed by atoms with E-state index in [9.17, 15) is 34.7 Å². The number of hydrogen-bond acceptors (Lipinski definition) is 12. The maximum absolute atomic E-state index is 14.4. The number of carbonyl (C=O) groups excluding carboxylic acids is 4. The summed E-state index contributed by atoms with van der Waals surface area (Å²) < 4.78 is 6.39. The second-order valence-electron chi connectivity index (χ2n) is 22.8. The van der Waals surface area contributed by atoms with Crippen LogP contribution in [0.15, 0.2) is 72.2 Å². The third-order valence-electron chi connectivity index (χ3n) is 15.7. The normalized spacial score (nSPS) is 24.2. The number of nitriles is 1. The molecule has 2 bridgehead atoms. The quantitative estimate of drug-likeness (QED) is 0.0756. The molecule has 5 N–H and O–H groups in total. The van der Waals surface area contributed by atoms with Gasteiger partial charge in [-0.05, 0) is 85.5 Å². The molecule has 4 aromatic rings. The summed E-state index contributed by atoms with van der Waals surface area (Å²) >= 11 is 7.81. The van der Waals surface area contributed by atoms with Crippen LogP contribution in [0.1, 0.15) is 113 Å². The molecule has 4 amide bonds. The fourth-order valence-electron chi connectivity index (χ4n) is 12.1. The smallest absolute Gasteiger partial charge is 0.251 e. The molecule has 4 fully saturated rings. The van der Waals surface area contributed by atoms with E-state index >= 15 is 0 Å². The highest BCUT2D eigenvalue weighted by Gasteiger charge is 2.64. The number of ether oxygens (including phenoxy) is 1. The number of β-amino-alcohol motifs (C(OH)–C–C–N with tert-alkyl or cyclic N) is 1. The number of nitrogens with zero attached hydrogens (tertiary/aromatic N) is 5. The standard InChI is InChI=1S/C56H71ClN8O7S/c1-33-47(73-32-59-33)36-17-15-35(16-18-36)44(31-66)60-50(70)45-24-41(67)29-65(45)51(71)48(54(2,3)4)61-46(68)30-64-39-20-21-40(64)28-63(27-39)23-9-10-34-11-13-37(14-12-34)49(69)62-52-55(5,6)53(56(52,7)8)72-42-22-19-38(26-58)43(57)25-42/h11-19,22,25,32,39-41,44-45,48,52-53,66-67H,9-10,20-21,23-24,27-31H2,1-8H3,(H,60,70)(H,61,68)(H,62,69)/t39-,40-,41-,44+,45+,48-,52-,53-/m1/s1. The lowest BCUT2D eigenvalue weighted by Gasteiger charge is -2.63. The Morgan fingerprint density at radius 2 is 1.63 bits per heavy atom. The largest absolute Gasteiger partial charge is 0.489 e. The highest BCUT2D eigenvalue weighted by molar-refractivity contribution is 7.13. The van der Waals surface area contributed by atoms with Crippen molar-refractivity contribution in [2.75, 3.05) is 39.3 Å². The average Bonchev–Trinajstić information content (AvgIpc) is 4.03. The number of thiazole rings is 1. The number of carbonyl (C=O) groups is 4. The first-order valence-corrected chi connectivity index (χ1v) is 26.8. The zero-order valence-corrected chi connectivity index (χ0v) is 44.9. The SMILES string of the molecule is Cc1ncsc1-c1ccc([C@H](CO)NC(=O)[C@@H]2C[C@@H](O)CN2C(=O)[C@@H](NC(=O)CN2[C@@H]3CC[C@@H]2CN(CCCc2ccc(C(=O)N[C@H]4C(C)(C)[C@H](Oc5ccc(C#N)c(Cl)c5)C4(C)C)cc2)C3)C(C)(C)C)cc1. The summed E-state index contributed by atoms with van der Waals surface area (Å²) in [5, 5.41) is 40.0. The van der Waals surface area contributed by atoms with Gasteiger partial charge < -0.3 is 40.7 Å². The van der Waals surface area contributed by atoms with Gasteiger partial charge in [0, 0.05) is 66.6 Å². The van der Waals surface area contributed by atoms with Gasteiger partial charge in [-0.15, -0.1) is 11.3 Å². The van der Waals surface area contributed by atoms with Crippen LogP contribution in [0.2, 0.25) is 5.02 Å². The molecule has 0 radical (unpaired) electrons. The molecule has 6 atom stereocenters. The third-order valence-corrected chi connectivity index (χ3v) is 17.0. The molecule has 0 unspecified atom stereocenters. The maximum atomic E-state index is 14.4. The molecule has 15 nitrogen and oxygen atoms in total. The van der Waals surface area contributed by atoms with Crippen LogP contribution >= 0.6 is 22.9 Å². The summed E-state index contributed by atoms with van der Waals surface area (Å²) in [5.74, 6) is -0.703. The van der Waals surface area contributed by atoms with Crippen LogP contribution in [0.4, 0.5) is 0 Å². The lowest BCUT2D eigenvalue weighted by atomic mass is 9.49. The summed E-state index contributed by atoms with van der Waals surface area (Å²) in [4.78, 5) is 67.3. The molecule has 1 aromatic heterocycles. The molecule has 3 aromatic carbocycles. The summed E-state index contributed by atoms with van der Waals surface area (Å²) in [6, 6.07) is 20.2. The zero-order chi connectivity index (χ0) is 52.6.